The van der Waals surface area contributed by atoms with Crippen LogP contribution in [0.1, 0.15) is 5.56 Å². The molecule has 0 radical (unpaired) electrons. The van der Waals surface area contributed by atoms with Crippen LogP contribution < -0.4 is 10.2 Å². The van der Waals surface area contributed by atoms with E-state index in [1.165, 1.54) is 17.7 Å². The van der Waals surface area contributed by atoms with Crippen molar-refractivity contribution in [2.45, 2.75) is 6.92 Å². The summed E-state index contributed by atoms with van der Waals surface area (Å²) in [4.78, 5) is 14.7. The number of piperazine rings is 1. The molecule has 1 aliphatic heterocycles. The van der Waals surface area contributed by atoms with Gasteiger partial charge in [0.15, 0.2) is 5.11 Å². The van der Waals surface area contributed by atoms with E-state index in [2.05, 4.69) is 22.0 Å². The first-order chi connectivity index (χ1) is 12.4. The summed E-state index contributed by atoms with van der Waals surface area (Å²) in [5.41, 5.74) is 3.17. The third-order valence-corrected chi connectivity index (χ3v) is 5.00. The van der Waals surface area contributed by atoms with Crippen molar-refractivity contribution in [1.82, 2.24) is 4.90 Å². The van der Waals surface area contributed by atoms with Crippen LogP contribution in [0.25, 0.3) is 0 Å². The molecule has 8 heteroatoms. The highest BCUT2D eigenvalue weighted by molar-refractivity contribution is 7.80. The maximum atomic E-state index is 10.7. The molecule has 0 saturated carbocycles. The van der Waals surface area contributed by atoms with E-state index in [0.29, 0.717) is 5.11 Å². The second-order valence-electron chi connectivity index (χ2n) is 6.14. The lowest BCUT2D eigenvalue weighted by Crippen LogP contribution is -2.50. The standard InChI is InChI=1S/C18H19ClN4O2S/c1-13-2-3-14(19)12-17(13)21-8-10-22(11-9-21)18(26)20-15-4-6-16(7-5-15)23(24)25/h2-7,12H,8-11H2,1H3,(H,20,26). The lowest BCUT2D eigenvalue weighted by Gasteiger charge is -2.38. The van der Waals surface area contributed by atoms with Gasteiger partial charge < -0.3 is 15.1 Å². The van der Waals surface area contributed by atoms with Gasteiger partial charge in [-0.3, -0.25) is 10.1 Å². The van der Waals surface area contributed by atoms with Crippen molar-refractivity contribution in [1.29, 1.82) is 0 Å². The summed E-state index contributed by atoms with van der Waals surface area (Å²) in [5.74, 6) is 0. The van der Waals surface area contributed by atoms with Gasteiger partial charge in [-0.25, -0.2) is 0 Å². The van der Waals surface area contributed by atoms with Crippen LogP contribution in [-0.4, -0.2) is 41.1 Å². The predicted molar refractivity (Wildman–Crippen MR) is 109 cm³/mol. The molecule has 0 unspecified atom stereocenters. The zero-order valence-electron chi connectivity index (χ0n) is 14.3. The average molecular weight is 391 g/mol. The van der Waals surface area contributed by atoms with Crippen molar-refractivity contribution in [3.05, 3.63) is 63.2 Å². The van der Waals surface area contributed by atoms with Crippen LogP contribution in [0.15, 0.2) is 42.5 Å². The number of non-ortho nitro benzene ring substituents is 1. The van der Waals surface area contributed by atoms with Crippen molar-refractivity contribution in [2.24, 2.45) is 0 Å². The fourth-order valence-corrected chi connectivity index (χ4v) is 3.41. The summed E-state index contributed by atoms with van der Waals surface area (Å²) < 4.78 is 0. The Hall–Kier alpha value is -2.38. The number of nitro groups is 1. The van der Waals surface area contributed by atoms with Gasteiger partial charge in [0.25, 0.3) is 5.69 Å². The third-order valence-electron chi connectivity index (χ3n) is 4.41. The summed E-state index contributed by atoms with van der Waals surface area (Å²) in [5, 5.41) is 15.2. The van der Waals surface area contributed by atoms with Crippen molar-refractivity contribution >= 4 is 46.0 Å². The van der Waals surface area contributed by atoms with Crippen LogP contribution >= 0.6 is 23.8 Å². The molecule has 6 nitrogen and oxygen atoms in total. The Labute approximate surface area is 162 Å². The van der Waals surface area contributed by atoms with E-state index < -0.39 is 4.92 Å². The molecule has 0 amide bonds. The number of anilines is 2. The van der Waals surface area contributed by atoms with Gasteiger partial charge in [0, 0.05) is 54.7 Å². The lowest BCUT2D eigenvalue weighted by molar-refractivity contribution is -0.384. The molecule has 136 valence electrons. The Morgan fingerprint density at radius 1 is 1.15 bits per heavy atom. The average Bonchev–Trinajstić information content (AvgIpc) is 2.64. The highest BCUT2D eigenvalue weighted by Gasteiger charge is 2.20. The van der Waals surface area contributed by atoms with Gasteiger partial charge >= 0.3 is 0 Å². The quantitative estimate of drug-likeness (QED) is 0.484. The number of halogens is 1. The molecule has 26 heavy (non-hydrogen) atoms. The number of nitro benzene ring substituents is 1. The summed E-state index contributed by atoms with van der Waals surface area (Å²) in [6.45, 7) is 5.38. The van der Waals surface area contributed by atoms with Gasteiger partial charge in [0.1, 0.15) is 0 Å². The number of hydrogen-bond acceptors (Lipinski definition) is 4. The fraction of sp³-hybridized carbons (Fsp3) is 0.278. The lowest BCUT2D eigenvalue weighted by atomic mass is 10.1. The third kappa shape index (κ3) is 4.23. The molecule has 2 aromatic rings. The molecule has 1 heterocycles. The van der Waals surface area contributed by atoms with Crippen LogP contribution in [0.5, 0.6) is 0 Å². The summed E-state index contributed by atoms with van der Waals surface area (Å²) >= 11 is 11.6. The maximum Gasteiger partial charge on any atom is 0.269 e. The van der Waals surface area contributed by atoms with E-state index in [1.54, 1.807) is 12.1 Å². The smallest absolute Gasteiger partial charge is 0.269 e. The van der Waals surface area contributed by atoms with Gasteiger partial charge in [-0.1, -0.05) is 17.7 Å². The Morgan fingerprint density at radius 3 is 2.42 bits per heavy atom. The van der Waals surface area contributed by atoms with Gasteiger partial charge in [-0.15, -0.1) is 0 Å². The van der Waals surface area contributed by atoms with Gasteiger partial charge in [-0.05, 0) is 49.0 Å². The number of thiocarbonyl (C=S) groups is 1. The molecule has 3 rings (SSSR count). The topological polar surface area (TPSA) is 61.6 Å². The molecular weight excluding hydrogens is 372 g/mol. The molecule has 0 spiro atoms. The molecule has 1 fully saturated rings. The number of rotatable bonds is 3. The summed E-state index contributed by atoms with van der Waals surface area (Å²) in [6, 6.07) is 12.2. The highest BCUT2D eigenvalue weighted by atomic mass is 35.5. The van der Waals surface area contributed by atoms with E-state index in [0.717, 1.165) is 42.6 Å². The summed E-state index contributed by atoms with van der Waals surface area (Å²) in [6.07, 6.45) is 0. The van der Waals surface area contributed by atoms with Crippen LogP contribution in [-0.2, 0) is 0 Å². The number of aryl methyl sites for hydroxylation is 1. The van der Waals surface area contributed by atoms with Gasteiger partial charge in [-0.2, -0.15) is 0 Å². The van der Waals surface area contributed by atoms with E-state index in [9.17, 15) is 10.1 Å². The number of benzene rings is 2. The van der Waals surface area contributed by atoms with Crippen LogP contribution in [0.3, 0.4) is 0 Å². The normalized spacial score (nSPS) is 14.2. The van der Waals surface area contributed by atoms with Crippen molar-refractivity contribution in [2.75, 3.05) is 36.4 Å². The Morgan fingerprint density at radius 2 is 1.81 bits per heavy atom. The Kier molecular flexibility index (Phi) is 5.58. The molecule has 1 aliphatic rings. The first-order valence-electron chi connectivity index (χ1n) is 8.25. The minimum absolute atomic E-state index is 0.0620. The highest BCUT2D eigenvalue weighted by Crippen LogP contribution is 2.25. The van der Waals surface area contributed by atoms with E-state index >= 15 is 0 Å². The second-order valence-corrected chi connectivity index (χ2v) is 6.96. The largest absolute Gasteiger partial charge is 0.368 e. The van der Waals surface area contributed by atoms with E-state index in [-0.39, 0.29) is 5.69 Å². The van der Waals surface area contributed by atoms with Crippen molar-refractivity contribution in [3.8, 4) is 0 Å². The molecule has 0 aliphatic carbocycles. The fourth-order valence-electron chi connectivity index (χ4n) is 2.94. The number of hydrogen-bond donors (Lipinski definition) is 1. The zero-order valence-corrected chi connectivity index (χ0v) is 15.9. The molecule has 0 atom stereocenters. The minimum atomic E-state index is -0.418. The number of nitrogens with zero attached hydrogens (tertiary/aromatic N) is 3. The molecular formula is C18H19ClN4O2S. The van der Waals surface area contributed by atoms with Crippen molar-refractivity contribution in [3.63, 3.8) is 0 Å². The second kappa shape index (κ2) is 7.88. The van der Waals surface area contributed by atoms with Crippen LogP contribution in [0.4, 0.5) is 17.1 Å². The van der Waals surface area contributed by atoms with Gasteiger partial charge in [0.2, 0.25) is 0 Å². The van der Waals surface area contributed by atoms with Crippen LogP contribution in [0, 0.1) is 17.0 Å². The predicted octanol–water partition coefficient (Wildman–Crippen LogP) is 4.08. The molecule has 0 aromatic heterocycles. The SMILES string of the molecule is Cc1ccc(Cl)cc1N1CCN(C(=S)Nc2ccc([N+](=O)[O-])cc2)CC1. The first-order valence-corrected chi connectivity index (χ1v) is 9.04. The Bertz CT molecular complexity index is 820. The monoisotopic (exact) mass is 390 g/mol. The van der Waals surface area contributed by atoms with Crippen LogP contribution in [0.2, 0.25) is 5.02 Å². The Balaban J connectivity index is 1.58. The number of nitrogens with one attached hydrogen (secondary N) is 1. The zero-order chi connectivity index (χ0) is 18.7. The molecule has 2 aromatic carbocycles. The van der Waals surface area contributed by atoms with E-state index in [1.807, 2.05) is 18.2 Å². The molecule has 1 N–H and O–H groups in total. The first kappa shape index (κ1) is 18.4. The molecule has 1 saturated heterocycles. The minimum Gasteiger partial charge on any atom is -0.368 e. The maximum absolute atomic E-state index is 10.7. The molecule has 0 bridgehead atoms. The van der Waals surface area contributed by atoms with Crippen molar-refractivity contribution < 1.29 is 4.92 Å². The van der Waals surface area contributed by atoms with Gasteiger partial charge in [0.05, 0.1) is 4.92 Å². The van der Waals surface area contributed by atoms with E-state index in [4.69, 9.17) is 23.8 Å². The summed E-state index contributed by atoms with van der Waals surface area (Å²) in [7, 11) is 0.